The lowest BCUT2D eigenvalue weighted by atomic mass is 10.2. The minimum Gasteiger partial charge on any atom is -0.463 e. The lowest BCUT2D eigenvalue weighted by Gasteiger charge is -2.07. The molecule has 4 nitrogen and oxygen atoms in total. The molecule has 0 heterocycles. The van der Waals surface area contributed by atoms with E-state index in [1.807, 2.05) is 0 Å². The van der Waals surface area contributed by atoms with Gasteiger partial charge in [0.05, 0.1) is 19.8 Å². The molecule has 0 rings (SSSR count). The van der Waals surface area contributed by atoms with Gasteiger partial charge in [0, 0.05) is 13.0 Å². The largest absolute Gasteiger partial charge is 0.463 e. The molecular formula is C17H34O4. The third-order valence-corrected chi connectivity index (χ3v) is 3.24. The van der Waals surface area contributed by atoms with E-state index < -0.39 is 0 Å². The molecule has 0 aromatic heterocycles. The summed E-state index contributed by atoms with van der Waals surface area (Å²) >= 11 is 0. The number of carbonyl (C=O) groups excluding carboxylic acids is 1. The van der Waals surface area contributed by atoms with Gasteiger partial charge < -0.3 is 14.2 Å². The summed E-state index contributed by atoms with van der Waals surface area (Å²) in [7, 11) is 0. The third kappa shape index (κ3) is 17.3. The van der Waals surface area contributed by atoms with E-state index in [0.29, 0.717) is 32.8 Å². The normalized spacial score (nSPS) is 10.8. The van der Waals surface area contributed by atoms with Crippen LogP contribution >= 0.6 is 0 Å². The van der Waals surface area contributed by atoms with E-state index in [4.69, 9.17) is 14.2 Å². The molecule has 0 saturated heterocycles. The van der Waals surface area contributed by atoms with Crippen molar-refractivity contribution in [2.45, 2.75) is 71.6 Å². The summed E-state index contributed by atoms with van der Waals surface area (Å²) in [6.07, 6.45) is 9.84. The van der Waals surface area contributed by atoms with Crippen molar-refractivity contribution in [3.8, 4) is 0 Å². The van der Waals surface area contributed by atoms with E-state index in [9.17, 15) is 4.79 Å². The smallest absolute Gasteiger partial charge is 0.305 e. The van der Waals surface area contributed by atoms with Gasteiger partial charge in [-0.05, 0) is 12.8 Å². The predicted molar refractivity (Wildman–Crippen MR) is 85.5 cm³/mol. The molecule has 0 unspecified atom stereocenters. The van der Waals surface area contributed by atoms with Gasteiger partial charge >= 0.3 is 5.97 Å². The van der Waals surface area contributed by atoms with E-state index in [1.54, 1.807) is 0 Å². The molecule has 0 aliphatic heterocycles. The van der Waals surface area contributed by atoms with Crippen molar-refractivity contribution in [1.82, 2.24) is 0 Å². The van der Waals surface area contributed by atoms with Crippen LogP contribution in [-0.4, -0.2) is 39.0 Å². The average molecular weight is 302 g/mol. The van der Waals surface area contributed by atoms with Gasteiger partial charge in [0.15, 0.2) is 0 Å². The Balaban J connectivity index is 3.09. The topological polar surface area (TPSA) is 44.8 Å². The van der Waals surface area contributed by atoms with E-state index in [2.05, 4.69) is 13.8 Å². The molecular weight excluding hydrogens is 268 g/mol. The number of rotatable bonds is 16. The molecule has 0 atom stereocenters. The molecule has 0 bridgehead atoms. The minimum atomic E-state index is -0.109. The fourth-order valence-electron chi connectivity index (χ4n) is 1.94. The number of unbranched alkanes of at least 4 members (excludes halogenated alkanes) is 6. The first-order valence-electron chi connectivity index (χ1n) is 8.62. The Morgan fingerprint density at radius 3 is 1.90 bits per heavy atom. The fraction of sp³-hybridized carbons (Fsp3) is 0.941. The summed E-state index contributed by atoms with van der Waals surface area (Å²) in [5, 5.41) is 0. The van der Waals surface area contributed by atoms with Crippen LogP contribution in [0.3, 0.4) is 0 Å². The summed E-state index contributed by atoms with van der Waals surface area (Å²) in [6, 6.07) is 0. The Kier molecular flexibility index (Phi) is 16.9. The van der Waals surface area contributed by atoms with Crippen LogP contribution in [0, 0.1) is 0 Å². The van der Waals surface area contributed by atoms with Gasteiger partial charge in [-0.1, -0.05) is 52.4 Å². The Morgan fingerprint density at radius 2 is 1.24 bits per heavy atom. The summed E-state index contributed by atoms with van der Waals surface area (Å²) in [4.78, 5) is 11.4. The van der Waals surface area contributed by atoms with Crippen molar-refractivity contribution in [2.24, 2.45) is 0 Å². The number of carbonyl (C=O) groups is 1. The highest BCUT2D eigenvalue weighted by Crippen LogP contribution is 2.03. The number of esters is 1. The van der Waals surface area contributed by atoms with Gasteiger partial charge in [-0.15, -0.1) is 0 Å². The van der Waals surface area contributed by atoms with Crippen LogP contribution in [0.2, 0.25) is 0 Å². The molecule has 0 aromatic carbocycles. The highest BCUT2D eigenvalue weighted by molar-refractivity contribution is 5.69. The molecule has 21 heavy (non-hydrogen) atoms. The van der Waals surface area contributed by atoms with Crippen molar-refractivity contribution in [1.29, 1.82) is 0 Å². The van der Waals surface area contributed by atoms with Gasteiger partial charge in [0.2, 0.25) is 0 Å². The molecule has 4 heteroatoms. The first-order valence-corrected chi connectivity index (χ1v) is 8.62. The standard InChI is InChI=1S/C17H34O4/c1-3-5-7-9-11-17(18)21-16-15-20-14-13-19-12-10-8-6-4-2/h3-16H2,1-2H3. The molecule has 0 N–H and O–H groups in total. The minimum absolute atomic E-state index is 0.109. The van der Waals surface area contributed by atoms with Crippen molar-refractivity contribution in [2.75, 3.05) is 33.0 Å². The molecule has 0 aliphatic rings. The molecule has 0 spiro atoms. The number of hydrogen-bond donors (Lipinski definition) is 0. The van der Waals surface area contributed by atoms with Crippen molar-refractivity contribution < 1.29 is 19.0 Å². The molecule has 0 fully saturated rings. The molecule has 0 amide bonds. The number of ether oxygens (including phenoxy) is 3. The summed E-state index contributed by atoms with van der Waals surface area (Å²) in [5.74, 6) is -0.109. The fourth-order valence-corrected chi connectivity index (χ4v) is 1.94. The maximum atomic E-state index is 11.4. The second kappa shape index (κ2) is 17.4. The maximum absolute atomic E-state index is 11.4. The van der Waals surface area contributed by atoms with Gasteiger partial charge in [-0.2, -0.15) is 0 Å². The highest BCUT2D eigenvalue weighted by Gasteiger charge is 2.01. The van der Waals surface area contributed by atoms with Crippen LogP contribution in [0.1, 0.15) is 71.6 Å². The lowest BCUT2D eigenvalue weighted by Crippen LogP contribution is -2.13. The van der Waals surface area contributed by atoms with E-state index >= 15 is 0 Å². The predicted octanol–water partition coefficient (Wildman–Crippen LogP) is 4.11. The van der Waals surface area contributed by atoms with Crippen molar-refractivity contribution in [3.63, 3.8) is 0 Å². The SMILES string of the molecule is CCCCCCOCCOCCOC(=O)CCCCCC. The summed E-state index contributed by atoms with van der Waals surface area (Å²) < 4.78 is 15.9. The summed E-state index contributed by atoms with van der Waals surface area (Å²) in [5.41, 5.74) is 0. The zero-order valence-electron chi connectivity index (χ0n) is 14.0. The van der Waals surface area contributed by atoms with Gasteiger partial charge in [0.1, 0.15) is 6.61 Å². The molecule has 126 valence electrons. The molecule has 0 aliphatic carbocycles. The first-order chi connectivity index (χ1) is 10.3. The lowest BCUT2D eigenvalue weighted by molar-refractivity contribution is -0.145. The average Bonchev–Trinajstić information content (AvgIpc) is 2.49. The first kappa shape index (κ1) is 20.4. The Bertz CT molecular complexity index is 219. The Morgan fingerprint density at radius 1 is 0.667 bits per heavy atom. The Labute approximate surface area is 130 Å². The van der Waals surface area contributed by atoms with Crippen LogP contribution < -0.4 is 0 Å². The second-order valence-electron chi connectivity index (χ2n) is 5.32. The quantitative estimate of drug-likeness (QED) is 0.318. The van der Waals surface area contributed by atoms with Crippen LogP contribution in [-0.2, 0) is 19.0 Å². The molecule has 0 saturated carbocycles. The van der Waals surface area contributed by atoms with Crippen LogP contribution in [0.4, 0.5) is 0 Å². The zero-order chi connectivity index (χ0) is 15.6. The van der Waals surface area contributed by atoms with Crippen LogP contribution in [0.5, 0.6) is 0 Å². The highest BCUT2D eigenvalue weighted by atomic mass is 16.6. The van der Waals surface area contributed by atoms with Gasteiger partial charge in [-0.3, -0.25) is 4.79 Å². The second-order valence-corrected chi connectivity index (χ2v) is 5.32. The zero-order valence-corrected chi connectivity index (χ0v) is 14.0. The summed E-state index contributed by atoms with van der Waals surface area (Å²) in [6.45, 7) is 7.18. The monoisotopic (exact) mass is 302 g/mol. The number of hydrogen-bond acceptors (Lipinski definition) is 4. The molecule has 0 radical (unpaired) electrons. The van der Waals surface area contributed by atoms with E-state index in [-0.39, 0.29) is 5.97 Å². The maximum Gasteiger partial charge on any atom is 0.305 e. The van der Waals surface area contributed by atoms with Crippen molar-refractivity contribution in [3.05, 3.63) is 0 Å². The Hall–Kier alpha value is -0.610. The van der Waals surface area contributed by atoms with Crippen LogP contribution in [0.25, 0.3) is 0 Å². The molecule has 0 aromatic rings. The van der Waals surface area contributed by atoms with E-state index in [1.165, 1.54) is 32.1 Å². The van der Waals surface area contributed by atoms with Gasteiger partial charge in [0.25, 0.3) is 0 Å². The third-order valence-electron chi connectivity index (χ3n) is 3.24. The van der Waals surface area contributed by atoms with E-state index in [0.717, 1.165) is 25.9 Å². The van der Waals surface area contributed by atoms with Crippen molar-refractivity contribution >= 4 is 5.97 Å². The van der Waals surface area contributed by atoms with Crippen LogP contribution in [0.15, 0.2) is 0 Å². The van der Waals surface area contributed by atoms with Gasteiger partial charge in [-0.25, -0.2) is 0 Å².